The molecule has 4 nitrogen and oxygen atoms in total. The van der Waals surface area contributed by atoms with Crippen LogP contribution in [0, 0.1) is 0 Å². The fourth-order valence-corrected chi connectivity index (χ4v) is 2.61. The number of morpholine rings is 1. The van der Waals surface area contributed by atoms with Crippen LogP contribution in [0.3, 0.4) is 0 Å². The van der Waals surface area contributed by atoms with E-state index >= 15 is 0 Å². The van der Waals surface area contributed by atoms with Crippen LogP contribution in [0.2, 0.25) is 0 Å². The number of amides is 1. The fraction of sp³-hybridized carbons (Fsp3) is 0.833. The van der Waals surface area contributed by atoms with E-state index in [2.05, 4.69) is 0 Å². The molecule has 0 aliphatic carbocycles. The summed E-state index contributed by atoms with van der Waals surface area (Å²) in [4.78, 5) is 13.0. The van der Waals surface area contributed by atoms with Crippen molar-refractivity contribution in [2.75, 3.05) is 30.9 Å². The van der Waals surface area contributed by atoms with Crippen LogP contribution in [0.25, 0.3) is 0 Å². The Morgan fingerprint density at radius 2 is 2.18 bits per heavy atom. The van der Waals surface area contributed by atoms with E-state index in [1.807, 2.05) is 0 Å². The molecular weight excluding hydrogens is 253 g/mol. The monoisotopic (exact) mass is 265 g/mol. The Bertz CT molecular complexity index is 136. The third-order valence-electron chi connectivity index (χ3n) is 1.53. The molecule has 0 unspecified atom stereocenters. The molecular formula is C6H11NO3Sn. The molecule has 1 N–H and O–H groups in total. The van der Waals surface area contributed by atoms with Crippen molar-refractivity contribution in [2.45, 2.75) is 0 Å². The third kappa shape index (κ3) is 2.96. The third-order valence-corrected chi connectivity index (χ3v) is 3.75. The van der Waals surface area contributed by atoms with Crippen LogP contribution in [0.4, 0.5) is 4.79 Å². The number of carbonyl (C=O) groups excluding carboxylic acids is 1. The van der Waals surface area contributed by atoms with Gasteiger partial charge in [0.1, 0.15) is 0 Å². The summed E-state index contributed by atoms with van der Waals surface area (Å²) in [6.45, 7) is 2.71. The van der Waals surface area contributed by atoms with E-state index in [1.54, 1.807) is 4.90 Å². The van der Waals surface area contributed by atoms with Gasteiger partial charge < -0.3 is 0 Å². The Labute approximate surface area is 75.7 Å². The Balaban J connectivity index is 2.27. The standard InChI is InChI=1S/C5H8NO2.CH3O.Sn/c7-5-6-1-3-8-4-2-6;1-2;/h1-4H2;2H,1H2;. The van der Waals surface area contributed by atoms with Crippen molar-refractivity contribution in [3.63, 3.8) is 0 Å². The second kappa shape index (κ2) is 4.95. The van der Waals surface area contributed by atoms with Crippen LogP contribution < -0.4 is 0 Å². The van der Waals surface area contributed by atoms with Crippen molar-refractivity contribution in [1.82, 2.24) is 4.90 Å². The molecule has 0 saturated carbocycles. The van der Waals surface area contributed by atoms with Crippen LogP contribution >= 0.6 is 0 Å². The number of ether oxygens (including phenoxy) is 1. The number of aliphatic hydroxyl groups is 1. The molecule has 2 radical (unpaired) electrons. The first-order valence-electron chi connectivity index (χ1n) is 3.56. The molecule has 5 heteroatoms. The van der Waals surface area contributed by atoms with Gasteiger partial charge in [0, 0.05) is 0 Å². The first-order valence-corrected chi connectivity index (χ1v) is 7.00. The van der Waals surface area contributed by atoms with Gasteiger partial charge in [0.25, 0.3) is 0 Å². The van der Waals surface area contributed by atoms with Gasteiger partial charge in [0.15, 0.2) is 0 Å². The van der Waals surface area contributed by atoms with E-state index in [-0.39, 0.29) is 8.55 Å². The van der Waals surface area contributed by atoms with Crippen molar-refractivity contribution >= 4 is 25.1 Å². The van der Waals surface area contributed by atoms with Crippen LogP contribution in [-0.2, 0) is 4.74 Å². The summed E-state index contributed by atoms with van der Waals surface area (Å²) in [6, 6.07) is 0. The summed E-state index contributed by atoms with van der Waals surface area (Å²) in [5.41, 5.74) is 0. The molecule has 0 spiro atoms. The van der Waals surface area contributed by atoms with Crippen LogP contribution in [-0.4, -0.2) is 66.0 Å². The second-order valence-corrected chi connectivity index (χ2v) is 5.37. The molecule has 1 aliphatic heterocycles. The van der Waals surface area contributed by atoms with Gasteiger partial charge in [0.05, 0.1) is 0 Å². The van der Waals surface area contributed by atoms with Gasteiger partial charge in [-0.15, -0.1) is 0 Å². The van der Waals surface area contributed by atoms with Crippen LogP contribution in [0.5, 0.6) is 0 Å². The molecule has 11 heavy (non-hydrogen) atoms. The van der Waals surface area contributed by atoms with Crippen molar-refractivity contribution in [1.29, 1.82) is 0 Å². The number of hydrogen-bond donors (Lipinski definition) is 1. The topological polar surface area (TPSA) is 49.8 Å². The van der Waals surface area contributed by atoms with Crippen molar-refractivity contribution in [3.8, 4) is 0 Å². The molecule has 1 heterocycles. The van der Waals surface area contributed by atoms with Gasteiger partial charge >= 0.3 is 75.5 Å². The maximum absolute atomic E-state index is 11.2. The summed E-state index contributed by atoms with van der Waals surface area (Å²) in [5, 5.41) is 8.56. The summed E-state index contributed by atoms with van der Waals surface area (Å²) in [5.74, 6) is 0. The van der Waals surface area contributed by atoms with Gasteiger partial charge in [-0.3, -0.25) is 0 Å². The Hall–Kier alpha value is 0.189. The second-order valence-electron chi connectivity index (χ2n) is 2.24. The molecule has 0 aromatic rings. The van der Waals surface area contributed by atoms with Gasteiger partial charge in [-0.2, -0.15) is 0 Å². The molecule has 1 saturated heterocycles. The predicted molar refractivity (Wildman–Crippen MR) is 40.6 cm³/mol. The Kier molecular flexibility index (Phi) is 4.17. The molecule has 1 aliphatic rings. The van der Waals surface area contributed by atoms with Gasteiger partial charge in [-0.1, -0.05) is 0 Å². The molecule has 0 aromatic heterocycles. The summed E-state index contributed by atoms with van der Waals surface area (Å²) in [7, 11) is 0. The number of rotatable bonds is 2. The van der Waals surface area contributed by atoms with Gasteiger partial charge in [0.2, 0.25) is 0 Å². The summed E-state index contributed by atoms with van der Waals surface area (Å²) >= 11 is -1.17. The normalized spacial score (nSPS) is 18.5. The molecule has 62 valence electrons. The minimum absolute atomic E-state index is 0.111. The van der Waals surface area contributed by atoms with E-state index in [9.17, 15) is 4.79 Å². The number of hydrogen-bond acceptors (Lipinski definition) is 3. The maximum atomic E-state index is 11.2. The van der Waals surface area contributed by atoms with E-state index in [4.69, 9.17) is 9.84 Å². The minimum atomic E-state index is -1.17. The van der Waals surface area contributed by atoms with Crippen molar-refractivity contribution in [2.24, 2.45) is 0 Å². The van der Waals surface area contributed by atoms with E-state index < -0.39 is 21.1 Å². The Morgan fingerprint density at radius 3 is 2.73 bits per heavy atom. The van der Waals surface area contributed by atoms with Crippen molar-refractivity contribution < 1.29 is 14.6 Å². The molecule has 1 amide bonds. The first kappa shape index (κ1) is 9.28. The van der Waals surface area contributed by atoms with E-state index in [0.29, 0.717) is 26.3 Å². The first-order chi connectivity index (χ1) is 5.34. The molecule has 0 atom stereocenters. The number of nitrogens with zero attached hydrogens (tertiary/aromatic N) is 1. The SMILES string of the molecule is O=[C]([Sn][CH2]O)N1CCOCC1. The summed E-state index contributed by atoms with van der Waals surface area (Å²) in [6.07, 6.45) is 0. The van der Waals surface area contributed by atoms with Gasteiger partial charge in [-0.05, 0) is 0 Å². The van der Waals surface area contributed by atoms with E-state index in [1.165, 1.54) is 0 Å². The van der Waals surface area contributed by atoms with Crippen molar-refractivity contribution in [3.05, 3.63) is 0 Å². The summed E-state index contributed by atoms with van der Waals surface area (Å²) < 4.78 is 5.40. The molecule has 0 bridgehead atoms. The molecule has 0 aromatic carbocycles. The van der Waals surface area contributed by atoms with Gasteiger partial charge in [-0.25, -0.2) is 0 Å². The zero-order valence-electron chi connectivity index (χ0n) is 6.25. The zero-order valence-corrected chi connectivity index (χ0v) is 9.10. The number of carbonyl (C=O) groups is 1. The predicted octanol–water partition coefficient (Wildman–Crippen LogP) is -0.907. The number of aliphatic hydroxyl groups excluding tert-OH is 1. The Morgan fingerprint density at radius 1 is 1.55 bits per heavy atom. The molecule has 1 rings (SSSR count). The van der Waals surface area contributed by atoms with Crippen LogP contribution in [0.1, 0.15) is 0 Å². The van der Waals surface area contributed by atoms with Crippen LogP contribution in [0.15, 0.2) is 0 Å². The average molecular weight is 264 g/mol. The zero-order chi connectivity index (χ0) is 8.10. The quantitative estimate of drug-likeness (QED) is 0.657. The average Bonchev–Trinajstić information content (AvgIpc) is 2.07. The molecule has 1 fully saturated rings. The fourth-order valence-electron chi connectivity index (χ4n) is 0.946. The van der Waals surface area contributed by atoms with E-state index in [0.717, 1.165) is 0 Å².